The zero-order valence-corrected chi connectivity index (χ0v) is 16.0. The summed E-state index contributed by atoms with van der Waals surface area (Å²) in [6.45, 7) is 7.70. The minimum atomic E-state index is -0.0866. The molecule has 1 aliphatic heterocycles. The Kier molecular flexibility index (Phi) is 5.78. The Morgan fingerprint density at radius 1 is 1.04 bits per heavy atom. The van der Waals surface area contributed by atoms with Gasteiger partial charge in [0.2, 0.25) is 0 Å². The zero-order chi connectivity index (χ0) is 19.4. The largest absolute Gasteiger partial charge is 0.484 e. The number of aromatic nitrogens is 1. The second-order valence-electron chi connectivity index (χ2n) is 6.83. The molecule has 7 nitrogen and oxygen atoms in total. The molecule has 0 radical (unpaired) electrons. The number of aryl methyl sites for hydroxylation is 3. The first-order valence-corrected chi connectivity index (χ1v) is 9.15. The van der Waals surface area contributed by atoms with Gasteiger partial charge in [-0.25, -0.2) is 0 Å². The van der Waals surface area contributed by atoms with E-state index in [1.807, 2.05) is 31.2 Å². The van der Waals surface area contributed by atoms with Crippen molar-refractivity contribution in [3.63, 3.8) is 0 Å². The van der Waals surface area contributed by atoms with Crippen molar-refractivity contribution in [2.45, 2.75) is 27.2 Å². The van der Waals surface area contributed by atoms with E-state index in [-0.39, 0.29) is 18.4 Å². The first-order valence-electron chi connectivity index (χ1n) is 9.15. The Balaban J connectivity index is 1.55. The summed E-state index contributed by atoms with van der Waals surface area (Å²) in [7, 11) is 0. The maximum Gasteiger partial charge on any atom is 0.260 e. The number of carbonyl (C=O) groups is 2. The molecule has 1 saturated heterocycles. The summed E-state index contributed by atoms with van der Waals surface area (Å²) < 4.78 is 10.7. The lowest BCUT2D eigenvalue weighted by Gasteiger charge is -2.22. The van der Waals surface area contributed by atoms with Crippen LogP contribution in [-0.4, -0.2) is 59.6 Å². The van der Waals surface area contributed by atoms with E-state index in [0.29, 0.717) is 48.9 Å². The fraction of sp³-hybridized carbons (Fsp3) is 0.450. The lowest BCUT2D eigenvalue weighted by molar-refractivity contribution is -0.133. The van der Waals surface area contributed by atoms with Gasteiger partial charge >= 0.3 is 0 Å². The second-order valence-corrected chi connectivity index (χ2v) is 6.83. The molecule has 0 spiro atoms. The first-order chi connectivity index (χ1) is 13.0. The molecular weight excluding hydrogens is 346 g/mol. The molecule has 27 heavy (non-hydrogen) atoms. The number of hydrogen-bond acceptors (Lipinski definition) is 5. The average molecular weight is 371 g/mol. The summed E-state index contributed by atoms with van der Waals surface area (Å²) >= 11 is 0. The lowest BCUT2D eigenvalue weighted by Crippen LogP contribution is -2.39. The Morgan fingerprint density at radius 3 is 2.37 bits per heavy atom. The van der Waals surface area contributed by atoms with E-state index in [4.69, 9.17) is 9.26 Å². The van der Waals surface area contributed by atoms with E-state index in [1.165, 1.54) is 0 Å². The van der Waals surface area contributed by atoms with E-state index in [2.05, 4.69) is 5.16 Å². The number of hydrogen-bond donors (Lipinski definition) is 0. The molecule has 0 atom stereocenters. The molecule has 2 amide bonds. The fourth-order valence-corrected chi connectivity index (χ4v) is 3.19. The van der Waals surface area contributed by atoms with Gasteiger partial charge in [-0.3, -0.25) is 9.59 Å². The summed E-state index contributed by atoms with van der Waals surface area (Å²) in [5.41, 5.74) is 2.27. The molecule has 2 aromatic rings. The molecule has 0 N–H and O–H groups in total. The monoisotopic (exact) mass is 371 g/mol. The predicted molar refractivity (Wildman–Crippen MR) is 99.8 cm³/mol. The van der Waals surface area contributed by atoms with Crippen molar-refractivity contribution in [1.82, 2.24) is 15.0 Å². The van der Waals surface area contributed by atoms with Crippen molar-refractivity contribution in [2.24, 2.45) is 0 Å². The number of amides is 2. The highest BCUT2D eigenvalue weighted by atomic mass is 16.5. The molecule has 144 valence electrons. The normalized spacial score (nSPS) is 14.8. The standard InChI is InChI=1S/C20H25N3O4/c1-14-5-7-17(8-6-14)26-13-18(24)22-9-4-10-23(12-11-22)20(25)19-15(2)21-27-16(19)3/h5-8H,4,9-13H2,1-3H3. The summed E-state index contributed by atoms with van der Waals surface area (Å²) in [6.07, 6.45) is 0.728. The van der Waals surface area contributed by atoms with Gasteiger partial charge in [-0.15, -0.1) is 0 Å². The minimum absolute atomic E-state index is 0.000867. The molecule has 7 heteroatoms. The van der Waals surface area contributed by atoms with Gasteiger partial charge in [-0.05, 0) is 39.3 Å². The van der Waals surface area contributed by atoms with E-state index in [1.54, 1.807) is 23.6 Å². The molecule has 1 aliphatic rings. The van der Waals surface area contributed by atoms with Gasteiger partial charge in [-0.1, -0.05) is 22.9 Å². The van der Waals surface area contributed by atoms with Crippen LogP contribution in [0.25, 0.3) is 0 Å². The highest BCUT2D eigenvalue weighted by Crippen LogP contribution is 2.17. The van der Waals surface area contributed by atoms with Crippen molar-refractivity contribution in [3.8, 4) is 5.75 Å². The van der Waals surface area contributed by atoms with Crippen LogP contribution in [-0.2, 0) is 4.79 Å². The van der Waals surface area contributed by atoms with Gasteiger partial charge in [0.25, 0.3) is 11.8 Å². The minimum Gasteiger partial charge on any atom is -0.484 e. The van der Waals surface area contributed by atoms with Gasteiger partial charge in [-0.2, -0.15) is 0 Å². The van der Waals surface area contributed by atoms with Gasteiger partial charge in [0.1, 0.15) is 17.1 Å². The third kappa shape index (κ3) is 4.48. The summed E-state index contributed by atoms with van der Waals surface area (Å²) in [5, 5.41) is 3.85. The van der Waals surface area contributed by atoms with Crippen molar-refractivity contribution in [1.29, 1.82) is 0 Å². The first kappa shape index (κ1) is 18.9. The number of benzene rings is 1. The van der Waals surface area contributed by atoms with Crippen LogP contribution < -0.4 is 4.74 Å². The molecular formula is C20H25N3O4. The molecule has 0 saturated carbocycles. The predicted octanol–water partition coefficient (Wildman–Crippen LogP) is 2.35. The Hall–Kier alpha value is -2.83. The van der Waals surface area contributed by atoms with Crippen LogP contribution in [0.5, 0.6) is 5.75 Å². The average Bonchev–Trinajstić information content (AvgIpc) is 2.86. The van der Waals surface area contributed by atoms with Crippen LogP contribution in [0.3, 0.4) is 0 Å². The maximum absolute atomic E-state index is 12.8. The highest BCUT2D eigenvalue weighted by Gasteiger charge is 2.26. The van der Waals surface area contributed by atoms with Crippen molar-refractivity contribution >= 4 is 11.8 Å². The Morgan fingerprint density at radius 2 is 1.70 bits per heavy atom. The molecule has 2 heterocycles. The van der Waals surface area contributed by atoms with E-state index < -0.39 is 0 Å². The number of carbonyl (C=O) groups excluding carboxylic acids is 2. The Labute approximate surface area is 158 Å². The van der Waals surface area contributed by atoms with Crippen LogP contribution in [0.4, 0.5) is 0 Å². The quantitative estimate of drug-likeness (QED) is 0.825. The van der Waals surface area contributed by atoms with Gasteiger partial charge in [0, 0.05) is 26.2 Å². The lowest BCUT2D eigenvalue weighted by atomic mass is 10.1. The second kappa shape index (κ2) is 8.24. The van der Waals surface area contributed by atoms with E-state index in [9.17, 15) is 9.59 Å². The fourth-order valence-electron chi connectivity index (χ4n) is 3.19. The molecule has 3 rings (SSSR count). The molecule has 0 aliphatic carbocycles. The van der Waals surface area contributed by atoms with Crippen LogP contribution in [0.1, 0.15) is 33.8 Å². The summed E-state index contributed by atoms with van der Waals surface area (Å²) in [4.78, 5) is 28.8. The summed E-state index contributed by atoms with van der Waals surface area (Å²) in [6, 6.07) is 7.61. The third-order valence-corrected chi connectivity index (χ3v) is 4.77. The van der Waals surface area contributed by atoms with Crippen molar-refractivity contribution in [3.05, 3.63) is 46.8 Å². The van der Waals surface area contributed by atoms with E-state index in [0.717, 1.165) is 12.0 Å². The SMILES string of the molecule is Cc1ccc(OCC(=O)N2CCCN(C(=O)c3c(C)noc3C)CC2)cc1. The number of rotatable bonds is 4. The maximum atomic E-state index is 12.8. The topological polar surface area (TPSA) is 75.9 Å². The molecule has 1 aromatic carbocycles. The zero-order valence-electron chi connectivity index (χ0n) is 16.0. The van der Waals surface area contributed by atoms with E-state index >= 15 is 0 Å². The molecule has 0 bridgehead atoms. The molecule has 1 fully saturated rings. The van der Waals surface area contributed by atoms with Crippen LogP contribution >= 0.6 is 0 Å². The number of ether oxygens (including phenoxy) is 1. The highest BCUT2D eigenvalue weighted by molar-refractivity contribution is 5.96. The summed E-state index contributed by atoms with van der Waals surface area (Å²) in [5.74, 6) is 1.05. The Bertz CT molecular complexity index is 794. The number of nitrogens with zero attached hydrogens (tertiary/aromatic N) is 3. The van der Waals surface area contributed by atoms with Crippen LogP contribution in [0.15, 0.2) is 28.8 Å². The third-order valence-electron chi connectivity index (χ3n) is 4.77. The van der Waals surface area contributed by atoms with Crippen LogP contribution in [0.2, 0.25) is 0 Å². The van der Waals surface area contributed by atoms with Gasteiger partial charge < -0.3 is 19.1 Å². The van der Waals surface area contributed by atoms with Crippen LogP contribution in [0, 0.1) is 20.8 Å². The smallest absolute Gasteiger partial charge is 0.260 e. The van der Waals surface area contributed by atoms with Crippen molar-refractivity contribution in [2.75, 3.05) is 32.8 Å². The van der Waals surface area contributed by atoms with Gasteiger partial charge in [0.05, 0.1) is 5.69 Å². The molecule has 0 unspecified atom stereocenters. The van der Waals surface area contributed by atoms with Gasteiger partial charge in [0.15, 0.2) is 6.61 Å². The van der Waals surface area contributed by atoms with Crippen molar-refractivity contribution < 1.29 is 18.8 Å². The molecule has 1 aromatic heterocycles.